The monoisotopic (exact) mass is 417 g/mol. The van der Waals surface area contributed by atoms with E-state index in [1.54, 1.807) is 24.9 Å². The molecule has 0 saturated heterocycles. The molecule has 0 aliphatic rings. The predicted octanol–water partition coefficient (Wildman–Crippen LogP) is 5.35. The van der Waals surface area contributed by atoms with E-state index >= 15 is 0 Å². The van der Waals surface area contributed by atoms with Gasteiger partial charge in [0.25, 0.3) is 0 Å². The Balaban J connectivity index is 0.000000612. The fraction of sp³-hybridized carbons (Fsp3) is 0.409. The molecule has 0 radical (unpaired) electrons. The summed E-state index contributed by atoms with van der Waals surface area (Å²) in [5, 5.41) is 0. The van der Waals surface area contributed by atoms with Gasteiger partial charge < -0.3 is 14.1 Å². The fourth-order valence-corrected chi connectivity index (χ4v) is 3.19. The summed E-state index contributed by atoms with van der Waals surface area (Å²) in [6.07, 6.45) is 6.83. The minimum atomic E-state index is -0.211. The van der Waals surface area contributed by atoms with Gasteiger partial charge in [-0.3, -0.25) is 4.79 Å². The predicted molar refractivity (Wildman–Crippen MR) is 122 cm³/mol. The van der Waals surface area contributed by atoms with Crippen LogP contribution >= 0.6 is 11.8 Å². The summed E-state index contributed by atoms with van der Waals surface area (Å²) in [4.78, 5) is 22.0. The number of rotatable bonds is 8. The zero-order valence-electron chi connectivity index (χ0n) is 18.2. The average molecular weight is 418 g/mol. The normalized spacial score (nSPS) is 10.8. The summed E-state index contributed by atoms with van der Waals surface area (Å²) in [5.41, 5.74) is 1.79. The molecule has 0 spiro atoms. The molecule has 2 aromatic heterocycles. The Bertz CT molecular complexity index is 811. The van der Waals surface area contributed by atoms with Gasteiger partial charge in [0.15, 0.2) is 0 Å². The Morgan fingerprint density at radius 3 is 2.52 bits per heavy atom. The van der Waals surface area contributed by atoms with Gasteiger partial charge in [-0.1, -0.05) is 19.1 Å². The lowest BCUT2D eigenvalue weighted by molar-refractivity contribution is -0.140. The maximum absolute atomic E-state index is 9.82. The van der Waals surface area contributed by atoms with Crippen molar-refractivity contribution in [2.45, 2.75) is 34.1 Å². The van der Waals surface area contributed by atoms with Crippen LogP contribution in [0.3, 0.4) is 0 Å². The van der Waals surface area contributed by atoms with Crippen LogP contribution in [0.1, 0.15) is 38.6 Å². The lowest BCUT2D eigenvalue weighted by Gasteiger charge is -2.10. The van der Waals surface area contributed by atoms with E-state index in [0.29, 0.717) is 12.5 Å². The Morgan fingerprint density at radius 1 is 1.34 bits per heavy atom. The number of hydrogen-bond acceptors (Lipinski definition) is 7. The van der Waals surface area contributed by atoms with E-state index in [4.69, 9.17) is 4.42 Å². The first kappa shape index (κ1) is 24.5. The summed E-state index contributed by atoms with van der Waals surface area (Å²) in [5.74, 6) is 2.99. The molecule has 0 unspecified atom stereocenters. The van der Waals surface area contributed by atoms with Crippen LogP contribution in [0.5, 0.6) is 0 Å². The minimum absolute atomic E-state index is 0.211. The highest BCUT2D eigenvalue weighted by Gasteiger charge is 2.15. The van der Waals surface area contributed by atoms with E-state index < -0.39 is 0 Å². The van der Waals surface area contributed by atoms with Crippen molar-refractivity contribution >= 4 is 28.5 Å². The third-order valence-corrected chi connectivity index (χ3v) is 4.65. The van der Waals surface area contributed by atoms with Crippen molar-refractivity contribution in [3.05, 3.63) is 48.5 Å². The van der Waals surface area contributed by atoms with E-state index in [1.165, 1.54) is 6.92 Å². The lowest BCUT2D eigenvalue weighted by Crippen LogP contribution is -2.09. The molecule has 0 fully saturated rings. The number of thioether (sulfide) groups is 1. The lowest BCUT2D eigenvalue weighted by atomic mass is 10.2. The number of carbonyl (C=O) groups excluding carboxylic acids is 1. The number of pyridine rings is 1. The van der Waals surface area contributed by atoms with Crippen LogP contribution in [-0.4, -0.2) is 42.4 Å². The SMILES string of the molecule is C=CCS/C(=C\CC)c1nc(-c2ccc(N(C)C)nc2)oc1C.CCOC(C)=O. The summed E-state index contributed by atoms with van der Waals surface area (Å²) in [7, 11) is 3.93. The quantitative estimate of drug-likeness (QED) is 0.423. The number of oxazole rings is 1. The number of aromatic nitrogens is 2. The Hall–Kier alpha value is -2.54. The van der Waals surface area contributed by atoms with Gasteiger partial charge in [0.05, 0.1) is 12.2 Å². The molecule has 2 rings (SSSR count). The second-order valence-electron chi connectivity index (χ2n) is 6.22. The standard InChI is InChI=1S/C18H23N3OS.C4H8O2/c1-6-8-15(23-11-7-2)17-13(3)22-18(20-17)14-9-10-16(19-12-14)21(4)5;1-3-6-4(2)5/h7-10,12H,2,6,11H2,1,3-5H3;3H2,1-2H3/b15-8-;. The summed E-state index contributed by atoms with van der Waals surface area (Å²) < 4.78 is 10.3. The smallest absolute Gasteiger partial charge is 0.302 e. The van der Waals surface area contributed by atoms with Crippen LogP contribution in [0, 0.1) is 6.92 Å². The number of aryl methyl sites for hydroxylation is 1. The molecule has 6 nitrogen and oxygen atoms in total. The molecule has 158 valence electrons. The first-order chi connectivity index (χ1) is 13.8. The van der Waals surface area contributed by atoms with Crippen LogP contribution < -0.4 is 4.90 Å². The van der Waals surface area contributed by atoms with Gasteiger partial charge in [0.2, 0.25) is 5.89 Å². The van der Waals surface area contributed by atoms with Gasteiger partial charge in [0.1, 0.15) is 17.3 Å². The molecule has 0 bridgehead atoms. The van der Waals surface area contributed by atoms with Gasteiger partial charge >= 0.3 is 5.97 Å². The highest BCUT2D eigenvalue weighted by Crippen LogP contribution is 2.32. The topological polar surface area (TPSA) is 68.5 Å². The molecule has 0 saturated carbocycles. The van der Waals surface area contributed by atoms with Crippen molar-refractivity contribution in [3.63, 3.8) is 0 Å². The zero-order chi connectivity index (χ0) is 21.8. The van der Waals surface area contributed by atoms with Gasteiger partial charge in [-0.05, 0) is 32.4 Å². The Morgan fingerprint density at radius 2 is 2.07 bits per heavy atom. The molecule has 29 heavy (non-hydrogen) atoms. The zero-order valence-corrected chi connectivity index (χ0v) is 19.0. The minimum Gasteiger partial charge on any atom is -0.466 e. The number of nitrogens with zero attached hydrogens (tertiary/aromatic N) is 3. The van der Waals surface area contributed by atoms with E-state index in [9.17, 15) is 4.79 Å². The molecule has 0 aliphatic heterocycles. The first-order valence-corrected chi connectivity index (χ1v) is 10.5. The van der Waals surface area contributed by atoms with Gasteiger partial charge in [-0.2, -0.15) is 0 Å². The number of hydrogen-bond donors (Lipinski definition) is 0. The van der Waals surface area contributed by atoms with E-state index in [-0.39, 0.29) is 5.97 Å². The largest absolute Gasteiger partial charge is 0.466 e. The van der Waals surface area contributed by atoms with Crippen molar-refractivity contribution in [2.24, 2.45) is 0 Å². The first-order valence-electron chi connectivity index (χ1n) is 9.52. The summed E-state index contributed by atoms with van der Waals surface area (Å²) in [6, 6.07) is 3.95. The highest BCUT2D eigenvalue weighted by atomic mass is 32.2. The molecule has 2 aromatic rings. The van der Waals surface area contributed by atoms with Crippen molar-refractivity contribution in [2.75, 3.05) is 31.4 Å². The number of esters is 1. The number of allylic oxidation sites excluding steroid dienone is 1. The summed E-state index contributed by atoms with van der Waals surface area (Å²) in [6.45, 7) is 11.5. The van der Waals surface area contributed by atoms with Crippen LogP contribution in [0.15, 0.2) is 41.5 Å². The van der Waals surface area contributed by atoms with E-state index in [1.807, 2.05) is 44.1 Å². The Labute approximate surface area is 178 Å². The molecule has 0 aromatic carbocycles. The van der Waals surface area contributed by atoms with Crippen LogP contribution in [0.4, 0.5) is 5.82 Å². The molecule has 0 amide bonds. The van der Waals surface area contributed by atoms with E-state index in [2.05, 4.69) is 34.3 Å². The number of anilines is 1. The fourth-order valence-electron chi connectivity index (χ4n) is 2.29. The van der Waals surface area contributed by atoms with Gasteiger partial charge in [-0.25, -0.2) is 9.97 Å². The van der Waals surface area contributed by atoms with Crippen LogP contribution in [0.2, 0.25) is 0 Å². The molecule has 7 heteroatoms. The maximum Gasteiger partial charge on any atom is 0.302 e. The summed E-state index contributed by atoms with van der Waals surface area (Å²) >= 11 is 1.73. The molecular formula is C22H31N3O3S. The molecular weight excluding hydrogens is 386 g/mol. The van der Waals surface area contributed by atoms with Crippen LogP contribution in [-0.2, 0) is 9.53 Å². The van der Waals surface area contributed by atoms with Gasteiger partial charge in [0, 0.05) is 37.9 Å². The van der Waals surface area contributed by atoms with Crippen molar-refractivity contribution in [1.82, 2.24) is 9.97 Å². The maximum atomic E-state index is 9.82. The number of ether oxygens (including phenoxy) is 1. The second-order valence-corrected chi connectivity index (χ2v) is 7.29. The van der Waals surface area contributed by atoms with Crippen molar-refractivity contribution in [1.29, 1.82) is 0 Å². The molecule has 0 N–H and O–H groups in total. The second kappa shape index (κ2) is 12.8. The molecule has 0 aliphatic carbocycles. The van der Waals surface area contributed by atoms with Crippen LogP contribution in [0.25, 0.3) is 16.4 Å². The van der Waals surface area contributed by atoms with Gasteiger partial charge in [-0.15, -0.1) is 18.3 Å². The highest BCUT2D eigenvalue weighted by molar-refractivity contribution is 8.08. The molecule has 0 atom stereocenters. The Kier molecular flexibility index (Phi) is 10.8. The van der Waals surface area contributed by atoms with Crippen molar-refractivity contribution in [3.8, 4) is 11.5 Å². The van der Waals surface area contributed by atoms with E-state index in [0.717, 1.165) is 39.9 Å². The third-order valence-electron chi connectivity index (χ3n) is 3.58. The van der Waals surface area contributed by atoms with Crippen molar-refractivity contribution < 1.29 is 13.9 Å². The average Bonchev–Trinajstić information content (AvgIpc) is 3.07. The molecule has 2 heterocycles. The number of carbonyl (C=O) groups is 1. The third kappa shape index (κ3) is 8.15.